The Balaban J connectivity index is 1.55. The van der Waals surface area contributed by atoms with Crippen LogP contribution >= 0.6 is 0 Å². The van der Waals surface area contributed by atoms with Gasteiger partial charge >= 0.3 is 0 Å². The molecule has 1 aliphatic rings. The molecule has 0 spiro atoms. The van der Waals surface area contributed by atoms with Crippen molar-refractivity contribution in [1.29, 1.82) is 0 Å². The number of para-hydroxylation sites is 2. The summed E-state index contributed by atoms with van der Waals surface area (Å²) < 4.78 is 7.04. The van der Waals surface area contributed by atoms with Crippen molar-refractivity contribution in [3.8, 4) is 5.75 Å². The molecule has 4 rings (SSSR count). The molecule has 9 nitrogen and oxygen atoms in total. The van der Waals surface area contributed by atoms with Crippen molar-refractivity contribution < 1.29 is 14.3 Å². The molecule has 0 unspecified atom stereocenters. The molecule has 1 aromatic carbocycles. The van der Waals surface area contributed by atoms with Gasteiger partial charge in [0.1, 0.15) is 11.4 Å². The zero-order valence-corrected chi connectivity index (χ0v) is 19.1. The van der Waals surface area contributed by atoms with E-state index < -0.39 is 0 Å². The quantitative estimate of drug-likeness (QED) is 0.618. The van der Waals surface area contributed by atoms with Crippen LogP contribution in [0.5, 0.6) is 5.75 Å². The van der Waals surface area contributed by atoms with Crippen molar-refractivity contribution in [2.24, 2.45) is 0 Å². The van der Waals surface area contributed by atoms with Crippen molar-refractivity contribution >= 4 is 17.5 Å². The van der Waals surface area contributed by atoms with Crippen LogP contribution in [0.1, 0.15) is 64.6 Å². The molecule has 1 aliphatic heterocycles. The largest absolute Gasteiger partial charge is 0.495 e. The van der Waals surface area contributed by atoms with Gasteiger partial charge in [-0.05, 0) is 51.3 Å². The average molecular weight is 449 g/mol. The van der Waals surface area contributed by atoms with Gasteiger partial charge in [-0.3, -0.25) is 14.3 Å². The fourth-order valence-electron chi connectivity index (χ4n) is 4.05. The fraction of sp³-hybridized carbons (Fsp3) is 0.375. The van der Waals surface area contributed by atoms with Crippen LogP contribution in [0.3, 0.4) is 0 Å². The summed E-state index contributed by atoms with van der Waals surface area (Å²) in [7, 11) is 1.55. The van der Waals surface area contributed by atoms with Crippen molar-refractivity contribution in [1.82, 2.24) is 24.6 Å². The number of carbonyl (C=O) groups excluding carboxylic acids is 2. The minimum Gasteiger partial charge on any atom is -0.495 e. The Morgan fingerprint density at radius 3 is 2.76 bits per heavy atom. The monoisotopic (exact) mass is 448 g/mol. The van der Waals surface area contributed by atoms with Gasteiger partial charge in [-0.1, -0.05) is 12.1 Å². The highest BCUT2D eigenvalue weighted by molar-refractivity contribution is 6.05. The van der Waals surface area contributed by atoms with E-state index in [1.165, 1.54) is 6.20 Å². The molecular formula is C24H28N6O3. The number of hydrogen-bond donors (Lipinski definition) is 1. The highest BCUT2D eigenvalue weighted by atomic mass is 16.5. The molecular weight excluding hydrogens is 420 g/mol. The summed E-state index contributed by atoms with van der Waals surface area (Å²) in [6.45, 7) is 5.09. The van der Waals surface area contributed by atoms with E-state index in [4.69, 9.17) is 4.74 Å². The van der Waals surface area contributed by atoms with Crippen LogP contribution in [0.2, 0.25) is 0 Å². The van der Waals surface area contributed by atoms with E-state index in [1.54, 1.807) is 41.8 Å². The van der Waals surface area contributed by atoms with Crippen LogP contribution in [-0.2, 0) is 6.54 Å². The van der Waals surface area contributed by atoms with Crippen molar-refractivity contribution in [3.05, 3.63) is 65.5 Å². The van der Waals surface area contributed by atoms with Crippen molar-refractivity contribution in [2.45, 2.75) is 45.7 Å². The number of ether oxygens (including phenoxy) is 1. The number of carbonyl (C=O) groups is 2. The lowest BCUT2D eigenvalue weighted by atomic mass is 10.0. The number of benzene rings is 1. The van der Waals surface area contributed by atoms with E-state index in [0.717, 1.165) is 19.3 Å². The Hall–Kier alpha value is -3.75. The molecule has 9 heteroatoms. The molecule has 0 radical (unpaired) electrons. The second-order valence-corrected chi connectivity index (χ2v) is 7.95. The molecule has 0 saturated carbocycles. The summed E-state index contributed by atoms with van der Waals surface area (Å²) >= 11 is 0. The lowest BCUT2D eigenvalue weighted by Gasteiger charge is -2.34. The van der Waals surface area contributed by atoms with Gasteiger partial charge in [-0.15, -0.1) is 0 Å². The number of anilines is 1. The van der Waals surface area contributed by atoms with E-state index in [2.05, 4.69) is 20.4 Å². The zero-order chi connectivity index (χ0) is 23.4. The van der Waals surface area contributed by atoms with Gasteiger partial charge in [-0.2, -0.15) is 5.10 Å². The van der Waals surface area contributed by atoms with Crippen LogP contribution in [0.4, 0.5) is 5.69 Å². The van der Waals surface area contributed by atoms with Gasteiger partial charge in [0.05, 0.1) is 30.1 Å². The Bertz CT molecular complexity index is 1160. The van der Waals surface area contributed by atoms with Gasteiger partial charge in [0.15, 0.2) is 5.82 Å². The molecule has 172 valence electrons. The Kier molecular flexibility index (Phi) is 6.67. The fourth-order valence-corrected chi connectivity index (χ4v) is 4.05. The molecule has 1 atom stereocenters. The number of hydrogen-bond acceptors (Lipinski definition) is 6. The van der Waals surface area contributed by atoms with E-state index in [1.807, 2.05) is 25.3 Å². The number of amides is 2. The van der Waals surface area contributed by atoms with E-state index >= 15 is 0 Å². The number of aryl methyl sites for hydroxylation is 2. The molecule has 3 aromatic rings. The number of methoxy groups -OCH3 is 1. The van der Waals surface area contributed by atoms with Crippen LogP contribution in [0.25, 0.3) is 0 Å². The maximum atomic E-state index is 13.2. The number of aromatic nitrogens is 4. The van der Waals surface area contributed by atoms with E-state index in [-0.39, 0.29) is 17.9 Å². The minimum absolute atomic E-state index is 0.119. The predicted molar refractivity (Wildman–Crippen MR) is 123 cm³/mol. The first-order valence-electron chi connectivity index (χ1n) is 11.1. The Morgan fingerprint density at radius 2 is 2.03 bits per heavy atom. The van der Waals surface area contributed by atoms with E-state index in [0.29, 0.717) is 47.3 Å². The Labute approximate surface area is 192 Å². The molecule has 1 saturated heterocycles. The normalized spacial score (nSPS) is 15.8. The summed E-state index contributed by atoms with van der Waals surface area (Å²) in [5, 5.41) is 7.22. The van der Waals surface area contributed by atoms with Crippen LogP contribution in [0.15, 0.2) is 42.7 Å². The topological polar surface area (TPSA) is 102 Å². The standard InChI is InChI=1S/C24H28N6O3/c1-4-29-14-12-19(28-29)24(32)30-13-8-7-10-20(30)22-25-15-17(16(2)26-22)23(31)27-18-9-5-6-11-21(18)33-3/h5-6,9,11-12,14-15,20H,4,7-8,10,13H2,1-3H3,(H,27,31)/t20-/m0/s1. The molecule has 1 N–H and O–H groups in total. The molecule has 0 bridgehead atoms. The van der Waals surface area contributed by atoms with Gasteiger partial charge < -0.3 is 15.0 Å². The first-order valence-corrected chi connectivity index (χ1v) is 11.1. The zero-order valence-electron chi connectivity index (χ0n) is 19.1. The van der Waals surface area contributed by atoms with Crippen molar-refractivity contribution in [2.75, 3.05) is 19.0 Å². The summed E-state index contributed by atoms with van der Waals surface area (Å²) in [4.78, 5) is 36.9. The van der Waals surface area contributed by atoms with E-state index in [9.17, 15) is 9.59 Å². The molecule has 3 heterocycles. The van der Waals surface area contributed by atoms with Gasteiger partial charge in [-0.25, -0.2) is 9.97 Å². The molecule has 2 aromatic heterocycles. The molecule has 0 aliphatic carbocycles. The van der Waals surface area contributed by atoms with Crippen LogP contribution in [-0.4, -0.2) is 50.1 Å². The second-order valence-electron chi connectivity index (χ2n) is 7.95. The lowest BCUT2D eigenvalue weighted by molar-refractivity contribution is 0.0592. The predicted octanol–water partition coefficient (Wildman–Crippen LogP) is 3.63. The minimum atomic E-state index is -0.315. The van der Waals surface area contributed by atoms with Crippen molar-refractivity contribution in [3.63, 3.8) is 0 Å². The maximum Gasteiger partial charge on any atom is 0.274 e. The second kappa shape index (κ2) is 9.81. The highest BCUT2D eigenvalue weighted by Crippen LogP contribution is 2.30. The summed E-state index contributed by atoms with van der Waals surface area (Å²) in [5.74, 6) is 0.684. The molecule has 33 heavy (non-hydrogen) atoms. The average Bonchev–Trinajstić information content (AvgIpc) is 3.33. The van der Waals surface area contributed by atoms with Gasteiger partial charge in [0, 0.05) is 25.5 Å². The third-order valence-corrected chi connectivity index (χ3v) is 5.84. The SMILES string of the molecule is CCn1ccc(C(=O)N2CCCC[C@H]2c2ncc(C(=O)Nc3ccccc3OC)c(C)n2)n1. The first kappa shape index (κ1) is 22.4. The third kappa shape index (κ3) is 4.72. The molecule has 2 amide bonds. The first-order chi connectivity index (χ1) is 16.0. The third-order valence-electron chi connectivity index (χ3n) is 5.84. The smallest absolute Gasteiger partial charge is 0.274 e. The highest BCUT2D eigenvalue weighted by Gasteiger charge is 2.32. The summed E-state index contributed by atoms with van der Waals surface area (Å²) in [6.07, 6.45) is 6.02. The maximum absolute atomic E-state index is 13.2. The van der Waals surface area contributed by atoms with Crippen LogP contribution in [0, 0.1) is 6.92 Å². The summed E-state index contributed by atoms with van der Waals surface area (Å²) in [5.41, 5.74) is 1.93. The number of nitrogens with one attached hydrogen (secondary N) is 1. The number of piperidine rings is 1. The molecule has 1 fully saturated rings. The number of nitrogens with zero attached hydrogens (tertiary/aromatic N) is 5. The Morgan fingerprint density at radius 1 is 1.21 bits per heavy atom. The number of rotatable bonds is 6. The summed E-state index contributed by atoms with van der Waals surface area (Å²) in [6, 6.07) is 8.70. The van der Waals surface area contributed by atoms with Crippen LogP contribution < -0.4 is 10.1 Å². The lowest BCUT2D eigenvalue weighted by Crippen LogP contribution is -2.39. The van der Waals surface area contributed by atoms with Gasteiger partial charge in [0.2, 0.25) is 0 Å². The van der Waals surface area contributed by atoms with Gasteiger partial charge in [0.25, 0.3) is 11.8 Å². The number of likely N-dealkylation sites (tertiary alicyclic amines) is 1.